The minimum atomic E-state index is 0.585. The summed E-state index contributed by atoms with van der Waals surface area (Å²) in [5, 5.41) is 6.91. The highest BCUT2D eigenvalue weighted by molar-refractivity contribution is 5.52. The minimum absolute atomic E-state index is 0.585. The molecule has 0 saturated heterocycles. The lowest BCUT2D eigenvalue weighted by molar-refractivity contribution is 0.874. The standard InChI is InChI=1S/C8H11N5/c9-3-1-7-11-8(13-12-7)6-2-4-10-5-6/h2,4-5,10H,1,3,9H2,(H,11,12,13). The second-order valence-corrected chi connectivity index (χ2v) is 2.74. The summed E-state index contributed by atoms with van der Waals surface area (Å²) in [6, 6.07) is 1.93. The largest absolute Gasteiger partial charge is 0.367 e. The molecule has 0 aliphatic heterocycles. The summed E-state index contributed by atoms with van der Waals surface area (Å²) < 4.78 is 0. The molecule has 0 radical (unpaired) electrons. The van der Waals surface area contributed by atoms with Gasteiger partial charge >= 0.3 is 0 Å². The number of rotatable bonds is 3. The van der Waals surface area contributed by atoms with Gasteiger partial charge in [-0.3, -0.25) is 5.10 Å². The van der Waals surface area contributed by atoms with Crippen LogP contribution in [-0.2, 0) is 6.42 Å². The first kappa shape index (κ1) is 8.00. The van der Waals surface area contributed by atoms with Crippen molar-refractivity contribution in [2.75, 3.05) is 6.54 Å². The number of hydrogen-bond acceptors (Lipinski definition) is 3. The maximum Gasteiger partial charge on any atom is 0.182 e. The third kappa shape index (κ3) is 1.59. The Hall–Kier alpha value is -1.62. The lowest BCUT2D eigenvalue weighted by atomic mass is 10.3. The van der Waals surface area contributed by atoms with Crippen LogP contribution >= 0.6 is 0 Å². The molecule has 0 saturated carbocycles. The van der Waals surface area contributed by atoms with Gasteiger partial charge in [0.1, 0.15) is 5.82 Å². The molecule has 13 heavy (non-hydrogen) atoms. The van der Waals surface area contributed by atoms with Crippen LogP contribution < -0.4 is 5.73 Å². The van der Waals surface area contributed by atoms with Crippen molar-refractivity contribution in [3.63, 3.8) is 0 Å². The van der Waals surface area contributed by atoms with Gasteiger partial charge < -0.3 is 10.7 Å². The zero-order valence-corrected chi connectivity index (χ0v) is 7.12. The average Bonchev–Trinajstić information content (AvgIpc) is 2.70. The van der Waals surface area contributed by atoms with Crippen molar-refractivity contribution in [1.82, 2.24) is 20.2 Å². The van der Waals surface area contributed by atoms with Crippen LogP contribution in [0.25, 0.3) is 11.4 Å². The minimum Gasteiger partial charge on any atom is -0.367 e. The summed E-state index contributed by atoms with van der Waals surface area (Å²) in [5.74, 6) is 1.54. The highest BCUT2D eigenvalue weighted by atomic mass is 15.2. The summed E-state index contributed by atoms with van der Waals surface area (Å²) in [5.41, 5.74) is 6.38. The average molecular weight is 177 g/mol. The van der Waals surface area contributed by atoms with Crippen molar-refractivity contribution in [3.05, 3.63) is 24.3 Å². The van der Waals surface area contributed by atoms with E-state index in [0.29, 0.717) is 12.4 Å². The van der Waals surface area contributed by atoms with Gasteiger partial charge in [-0.05, 0) is 12.6 Å². The SMILES string of the molecule is NCCc1nc(-c2cc[nH]c2)n[nH]1. The Kier molecular flexibility index (Phi) is 2.09. The first-order valence-corrected chi connectivity index (χ1v) is 4.14. The van der Waals surface area contributed by atoms with E-state index in [1.165, 1.54) is 0 Å². The lowest BCUT2D eigenvalue weighted by Crippen LogP contribution is -2.03. The fourth-order valence-electron chi connectivity index (χ4n) is 1.14. The van der Waals surface area contributed by atoms with Crippen molar-refractivity contribution in [2.24, 2.45) is 5.73 Å². The van der Waals surface area contributed by atoms with Gasteiger partial charge in [-0.15, -0.1) is 0 Å². The smallest absolute Gasteiger partial charge is 0.182 e. The van der Waals surface area contributed by atoms with Crippen LogP contribution in [0.4, 0.5) is 0 Å². The topological polar surface area (TPSA) is 83.4 Å². The van der Waals surface area contributed by atoms with Gasteiger partial charge in [0.15, 0.2) is 5.82 Å². The van der Waals surface area contributed by atoms with Gasteiger partial charge in [0.2, 0.25) is 0 Å². The Balaban J connectivity index is 2.23. The van der Waals surface area contributed by atoms with Crippen LogP contribution in [0.3, 0.4) is 0 Å². The van der Waals surface area contributed by atoms with Gasteiger partial charge in [-0.2, -0.15) is 5.10 Å². The zero-order chi connectivity index (χ0) is 9.10. The predicted octanol–water partition coefficient (Wildman–Crippen LogP) is 0.301. The molecule has 0 fully saturated rings. The molecular formula is C8H11N5. The molecule has 0 aliphatic rings. The highest BCUT2D eigenvalue weighted by Crippen LogP contribution is 2.12. The molecule has 68 valence electrons. The molecule has 4 N–H and O–H groups in total. The van der Waals surface area contributed by atoms with Crippen molar-refractivity contribution < 1.29 is 0 Å². The van der Waals surface area contributed by atoms with Crippen LogP contribution in [0.1, 0.15) is 5.82 Å². The second kappa shape index (κ2) is 3.40. The molecule has 0 spiro atoms. The Bertz CT molecular complexity index is 362. The number of hydrogen-bond donors (Lipinski definition) is 3. The van der Waals surface area contributed by atoms with Gasteiger partial charge in [0.25, 0.3) is 0 Å². The van der Waals surface area contributed by atoms with E-state index in [2.05, 4.69) is 20.2 Å². The summed E-state index contributed by atoms with van der Waals surface area (Å²) in [6.07, 6.45) is 4.43. The van der Waals surface area contributed by atoms with E-state index >= 15 is 0 Å². The number of H-pyrrole nitrogens is 2. The lowest BCUT2D eigenvalue weighted by Gasteiger charge is -1.87. The molecule has 0 atom stereocenters. The van der Waals surface area contributed by atoms with Gasteiger partial charge in [-0.1, -0.05) is 0 Å². The fraction of sp³-hybridized carbons (Fsp3) is 0.250. The number of nitrogens with zero attached hydrogens (tertiary/aromatic N) is 2. The van der Waals surface area contributed by atoms with E-state index in [0.717, 1.165) is 17.8 Å². The van der Waals surface area contributed by atoms with E-state index in [1.54, 1.807) is 0 Å². The van der Waals surface area contributed by atoms with Crippen LogP contribution in [0, 0.1) is 0 Å². The third-order valence-corrected chi connectivity index (χ3v) is 1.77. The van der Waals surface area contributed by atoms with Gasteiger partial charge in [0, 0.05) is 24.4 Å². The van der Waals surface area contributed by atoms with Crippen LogP contribution in [-0.4, -0.2) is 26.7 Å². The zero-order valence-electron chi connectivity index (χ0n) is 7.12. The van der Waals surface area contributed by atoms with Gasteiger partial charge in [-0.25, -0.2) is 4.98 Å². The molecule has 2 heterocycles. The Morgan fingerprint density at radius 3 is 3.08 bits per heavy atom. The molecule has 0 aliphatic carbocycles. The summed E-state index contributed by atoms with van der Waals surface area (Å²) in [4.78, 5) is 7.23. The highest BCUT2D eigenvalue weighted by Gasteiger charge is 2.04. The van der Waals surface area contributed by atoms with Crippen molar-refractivity contribution in [3.8, 4) is 11.4 Å². The molecule has 2 aromatic heterocycles. The number of aromatic nitrogens is 4. The Labute approximate surface area is 75.4 Å². The maximum absolute atomic E-state index is 5.39. The van der Waals surface area contributed by atoms with Crippen LogP contribution in [0.15, 0.2) is 18.5 Å². The van der Waals surface area contributed by atoms with Crippen molar-refractivity contribution in [1.29, 1.82) is 0 Å². The fourth-order valence-corrected chi connectivity index (χ4v) is 1.14. The van der Waals surface area contributed by atoms with E-state index < -0.39 is 0 Å². The van der Waals surface area contributed by atoms with E-state index in [-0.39, 0.29) is 0 Å². The Morgan fingerprint density at radius 2 is 2.38 bits per heavy atom. The summed E-state index contributed by atoms with van der Waals surface area (Å²) >= 11 is 0. The Morgan fingerprint density at radius 1 is 1.46 bits per heavy atom. The summed E-state index contributed by atoms with van der Waals surface area (Å²) in [6.45, 7) is 0.585. The van der Waals surface area contributed by atoms with Crippen LogP contribution in [0.5, 0.6) is 0 Å². The van der Waals surface area contributed by atoms with Crippen molar-refractivity contribution >= 4 is 0 Å². The normalized spacial score (nSPS) is 10.5. The molecule has 0 unspecified atom stereocenters. The predicted molar refractivity (Wildman–Crippen MR) is 48.9 cm³/mol. The maximum atomic E-state index is 5.39. The van der Waals surface area contributed by atoms with E-state index in [1.807, 2.05) is 18.5 Å². The number of nitrogens with two attached hydrogens (primary N) is 1. The van der Waals surface area contributed by atoms with E-state index in [4.69, 9.17) is 5.73 Å². The number of nitrogens with one attached hydrogen (secondary N) is 2. The van der Waals surface area contributed by atoms with Crippen molar-refractivity contribution in [2.45, 2.75) is 6.42 Å². The molecule has 0 aromatic carbocycles. The first-order chi connectivity index (χ1) is 6.40. The molecule has 5 nitrogen and oxygen atoms in total. The molecule has 0 bridgehead atoms. The molecule has 0 amide bonds. The van der Waals surface area contributed by atoms with E-state index in [9.17, 15) is 0 Å². The molecule has 5 heteroatoms. The first-order valence-electron chi connectivity index (χ1n) is 4.14. The quantitative estimate of drug-likeness (QED) is 0.630. The third-order valence-electron chi connectivity index (χ3n) is 1.77. The van der Waals surface area contributed by atoms with Crippen LogP contribution in [0.2, 0.25) is 0 Å². The molecule has 2 aromatic rings. The monoisotopic (exact) mass is 177 g/mol. The number of aromatic amines is 2. The second-order valence-electron chi connectivity index (χ2n) is 2.74. The van der Waals surface area contributed by atoms with Gasteiger partial charge in [0.05, 0.1) is 0 Å². The molecule has 2 rings (SSSR count). The molecular weight excluding hydrogens is 166 g/mol. The summed E-state index contributed by atoms with van der Waals surface area (Å²) in [7, 11) is 0.